The second kappa shape index (κ2) is 26.8. The predicted molar refractivity (Wildman–Crippen MR) is 360 cm³/mol. The Kier molecular flexibility index (Phi) is 17.8. The zero-order chi connectivity index (χ0) is 65.3. The first-order valence-electron chi connectivity index (χ1n) is 32.4. The van der Waals surface area contributed by atoms with Gasteiger partial charge in [0.1, 0.15) is 24.6 Å². The molecule has 19 nitrogen and oxygen atoms in total. The lowest BCUT2D eigenvalue weighted by molar-refractivity contribution is -0.136. The Bertz CT molecular complexity index is 4370. The molecule has 94 heavy (non-hydrogen) atoms. The van der Waals surface area contributed by atoms with Gasteiger partial charge >= 0.3 is 5.97 Å². The van der Waals surface area contributed by atoms with Crippen molar-refractivity contribution in [1.29, 1.82) is 0 Å². The molecule has 4 aliphatic rings. The number of hydrogen-bond acceptors (Lipinski definition) is 12. The van der Waals surface area contributed by atoms with E-state index in [9.17, 15) is 44.1 Å². The third-order valence-electron chi connectivity index (χ3n) is 19.2. The first kappa shape index (κ1) is 62.6. The average Bonchev–Trinajstić information content (AvgIpc) is 1.60. The zero-order valence-corrected chi connectivity index (χ0v) is 52.4. The molecule has 2 aliphatic carbocycles. The van der Waals surface area contributed by atoms with Gasteiger partial charge in [0.15, 0.2) is 5.78 Å². The first-order chi connectivity index (χ1) is 45.6. The van der Waals surface area contributed by atoms with Crippen LogP contribution in [-0.4, -0.2) is 132 Å². The van der Waals surface area contributed by atoms with Gasteiger partial charge in [-0.05, 0) is 158 Å². The molecule has 0 atom stereocenters. The molecule has 0 unspecified atom stereocenters. The number of aromatic carboxylic acids is 1. The Morgan fingerprint density at radius 3 is 1.29 bits per heavy atom. The van der Waals surface area contributed by atoms with Crippen molar-refractivity contribution < 1.29 is 53.6 Å². The summed E-state index contributed by atoms with van der Waals surface area (Å²) in [5, 5.41) is 33.9. The number of aromatic hydroxyl groups is 2. The normalized spacial score (nSPS) is 15.7. The lowest BCUT2D eigenvalue weighted by Crippen LogP contribution is -2.42. The number of carboxylic acids is 1. The van der Waals surface area contributed by atoms with E-state index in [0.717, 1.165) is 117 Å². The van der Waals surface area contributed by atoms with Crippen molar-refractivity contribution in [3.05, 3.63) is 167 Å². The van der Waals surface area contributed by atoms with Crippen molar-refractivity contribution in [2.45, 2.75) is 96.1 Å². The molecule has 19 heteroatoms. The van der Waals surface area contributed by atoms with E-state index >= 15 is 0 Å². The predicted octanol–water partition coefficient (Wildman–Crippen LogP) is 12.4. The van der Waals surface area contributed by atoms with Gasteiger partial charge < -0.3 is 55.2 Å². The number of carboxylic acid groups (broad SMARTS) is 1. The molecule has 4 aromatic heterocycles. The Balaban J connectivity index is 0.000000171. The van der Waals surface area contributed by atoms with Crippen LogP contribution < -0.4 is 11.5 Å². The minimum Gasteiger partial charge on any atom is -0.507 e. The van der Waals surface area contributed by atoms with Crippen molar-refractivity contribution >= 4 is 79.0 Å². The number of carbonyl (C=O) groups excluding carboxylic acids is 5. The molecule has 14 rings (SSSR count). The van der Waals surface area contributed by atoms with Crippen LogP contribution in [-0.2, 0) is 32.2 Å². The van der Waals surface area contributed by atoms with Crippen LogP contribution in [0.4, 0.5) is 0 Å². The number of hydrogen-bond donors (Lipinski definition) is 5. The quantitative estimate of drug-likeness (QED) is 0.0634. The molecule has 2 saturated carbocycles. The van der Waals surface area contributed by atoms with Gasteiger partial charge in [-0.2, -0.15) is 0 Å². The number of nitrogens with zero attached hydrogens (tertiary/aromatic N) is 6. The number of carbonyl (C=O) groups is 6. The van der Waals surface area contributed by atoms with Gasteiger partial charge in [0.05, 0.1) is 82.4 Å². The SMILES string of the molecule is CC(=O)c1ccc2c(C3CCCCC3)c(-c3ccc4nc(-c5ccc(O)c(C(N)=O)c5)ccc4c3)n(CC(=O)N3CCOCC3)c2c1.NC(=O)c1cc(-c2ccc3cc(-c4c(C5CCCCC5)c5ccc(C(=O)O)cc5n4CC(=O)N4CCOCC4)ccc3n2)ccc1O. The van der Waals surface area contributed by atoms with Crippen molar-refractivity contribution in [1.82, 2.24) is 28.9 Å². The lowest BCUT2D eigenvalue weighted by Gasteiger charge is -2.28. The topological polar surface area (TPSA) is 276 Å². The van der Waals surface area contributed by atoms with Crippen LogP contribution in [0.2, 0.25) is 0 Å². The van der Waals surface area contributed by atoms with Crippen LogP contribution in [0.5, 0.6) is 11.5 Å². The van der Waals surface area contributed by atoms with Crippen molar-refractivity contribution in [2.75, 3.05) is 52.6 Å². The molecule has 2 aliphatic heterocycles. The zero-order valence-electron chi connectivity index (χ0n) is 52.4. The third kappa shape index (κ3) is 12.6. The minimum absolute atomic E-state index is 0.0101. The molecule has 4 fully saturated rings. The molecule has 6 aromatic carbocycles. The van der Waals surface area contributed by atoms with E-state index in [1.54, 1.807) is 37.3 Å². The number of benzene rings is 6. The molecule has 4 amide bonds. The molecule has 10 aromatic rings. The molecule has 2 saturated heterocycles. The molecule has 0 radical (unpaired) electrons. The first-order valence-corrected chi connectivity index (χ1v) is 32.4. The average molecular weight is 1260 g/mol. The number of rotatable bonds is 14. The van der Waals surface area contributed by atoms with Gasteiger partial charge in [0.25, 0.3) is 11.8 Å². The number of primary amides is 2. The van der Waals surface area contributed by atoms with Crippen molar-refractivity contribution in [2.24, 2.45) is 11.5 Å². The van der Waals surface area contributed by atoms with Gasteiger partial charge in [-0.3, -0.25) is 24.0 Å². The van der Waals surface area contributed by atoms with E-state index in [2.05, 4.69) is 28.8 Å². The van der Waals surface area contributed by atoms with Crippen LogP contribution in [0.3, 0.4) is 0 Å². The Morgan fingerprint density at radius 2 is 0.883 bits per heavy atom. The highest BCUT2D eigenvalue weighted by Crippen LogP contribution is 2.47. The number of phenols is 2. The number of morpholine rings is 2. The number of ketones is 1. The van der Waals surface area contributed by atoms with Gasteiger partial charge in [0, 0.05) is 69.9 Å². The second-order valence-corrected chi connectivity index (χ2v) is 25.1. The number of amides is 4. The monoisotopic (exact) mass is 1260 g/mol. The summed E-state index contributed by atoms with van der Waals surface area (Å²) in [5.74, 6) is -2.17. The minimum atomic E-state index is -1.01. The van der Waals surface area contributed by atoms with Gasteiger partial charge in [-0.15, -0.1) is 0 Å². The van der Waals surface area contributed by atoms with Gasteiger partial charge in [0.2, 0.25) is 11.8 Å². The summed E-state index contributed by atoms with van der Waals surface area (Å²) < 4.78 is 15.2. The van der Waals surface area contributed by atoms with E-state index in [4.69, 9.17) is 30.9 Å². The largest absolute Gasteiger partial charge is 0.507 e. The second-order valence-electron chi connectivity index (χ2n) is 25.1. The van der Waals surface area contributed by atoms with Crippen molar-refractivity contribution in [3.8, 4) is 56.5 Å². The van der Waals surface area contributed by atoms with E-state index < -0.39 is 17.8 Å². The fraction of sp³-hybridized carbons (Fsp3) is 0.307. The van der Waals surface area contributed by atoms with E-state index in [-0.39, 0.29) is 64.8 Å². The highest BCUT2D eigenvalue weighted by atomic mass is 16.5. The highest BCUT2D eigenvalue weighted by molar-refractivity contribution is 6.04. The Hall–Kier alpha value is -10.2. The summed E-state index contributed by atoms with van der Waals surface area (Å²) >= 11 is 0. The lowest BCUT2D eigenvalue weighted by atomic mass is 9.81. The maximum atomic E-state index is 13.8. The number of nitrogens with two attached hydrogens (primary N) is 2. The molecular formula is C75H74N8O11. The summed E-state index contributed by atoms with van der Waals surface area (Å²) in [6.45, 7) is 6.04. The van der Waals surface area contributed by atoms with Crippen LogP contribution in [0, 0.1) is 0 Å². The third-order valence-corrected chi connectivity index (χ3v) is 19.2. The smallest absolute Gasteiger partial charge is 0.335 e. The standard InChI is InChI=1S/C38H38N4O5.C37H36N4O6/c1-23(43)25-7-11-29-33(21-25)42(22-35(45)41-15-17-47-18-16-41)37(36(29)24-5-3-2-4-6-24)28-9-13-31-26(19-28)8-12-32(40-31)27-10-14-34(44)30(20-27)38(39)46;38-36(44)28-19-24(9-13-32(28)42)30-11-7-23-18-25(8-12-29(23)39-30)35-34(22-4-2-1-3-5-22)27-10-6-26(37(45)46)20-31(27)41(35)21-33(43)40-14-16-47-17-15-40/h7-14,19-21,24,44H,2-6,15-18,22H2,1H3,(H2,39,46);6-13,18-20,22,42H,1-5,14-17,21H2,(H2,38,44)(H,45,46). The molecule has 6 heterocycles. The number of fused-ring (bicyclic) bond motifs is 4. The van der Waals surface area contributed by atoms with Crippen LogP contribution in [0.25, 0.3) is 88.6 Å². The number of aromatic nitrogens is 4. The summed E-state index contributed by atoms with van der Waals surface area (Å²) in [5.41, 5.74) is 23.8. The van der Waals surface area contributed by atoms with Crippen LogP contribution in [0.1, 0.15) is 136 Å². The molecule has 0 bridgehead atoms. The van der Waals surface area contributed by atoms with Gasteiger partial charge in [-0.25, -0.2) is 14.8 Å². The van der Waals surface area contributed by atoms with Crippen molar-refractivity contribution in [3.63, 3.8) is 0 Å². The fourth-order valence-electron chi connectivity index (χ4n) is 14.4. The maximum Gasteiger partial charge on any atom is 0.335 e. The highest BCUT2D eigenvalue weighted by Gasteiger charge is 2.32. The molecular weight excluding hydrogens is 1190 g/mol. The fourth-order valence-corrected chi connectivity index (χ4v) is 14.4. The van der Waals surface area contributed by atoms with Crippen LogP contribution in [0.15, 0.2) is 133 Å². The summed E-state index contributed by atoms with van der Waals surface area (Å²) in [6, 6.07) is 40.5. The Morgan fingerprint density at radius 1 is 0.479 bits per heavy atom. The van der Waals surface area contributed by atoms with Gasteiger partial charge in [-0.1, -0.05) is 81.0 Å². The number of ether oxygens (including phenoxy) is 2. The number of pyridine rings is 2. The molecule has 480 valence electrons. The van der Waals surface area contributed by atoms with Crippen LogP contribution >= 0.6 is 0 Å². The summed E-state index contributed by atoms with van der Waals surface area (Å²) in [6.07, 6.45) is 11.2. The maximum absolute atomic E-state index is 13.8. The Labute approximate surface area is 542 Å². The van der Waals surface area contributed by atoms with E-state index in [0.29, 0.717) is 86.6 Å². The number of Topliss-reactive ketones (excluding diaryl/α,β-unsaturated/α-hetero) is 1. The van der Waals surface area contributed by atoms with E-state index in [1.165, 1.54) is 42.2 Å². The summed E-state index contributed by atoms with van der Waals surface area (Å²) in [4.78, 5) is 89.2. The molecule has 0 spiro atoms. The summed E-state index contributed by atoms with van der Waals surface area (Å²) in [7, 11) is 0. The van der Waals surface area contributed by atoms with E-state index in [1.807, 2.05) is 75.0 Å². The molecule has 7 N–H and O–H groups in total.